The number of nitrogens with zero attached hydrogens (tertiary/aromatic N) is 2. The molecule has 29 heavy (non-hydrogen) atoms. The zero-order chi connectivity index (χ0) is 20.0. The smallest absolute Gasteiger partial charge is 0.291 e. The van der Waals surface area contributed by atoms with Crippen LogP contribution in [-0.2, 0) is 13.0 Å². The number of hydrogen-bond acceptors (Lipinski definition) is 5. The van der Waals surface area contributed by atoms with E-state index in [1.807, 2.05) is 31.2 Å². The van der Waals surface area contributed by atoms with Crippen LogP contribution in [0.3, 0.4) is 0 Å². The molecule has 0 bridgehead atoms. The maximum absolute atomic E-state index is 13.5. The van der Waals surface area contributed by atoms with E-state index in [0.717, 1.165) is 12.0 Å². The lowest BCUT2D eigenvalue weighted by molar-refractivity contribution is 0.0699. The van der Waals surface area contributed by atoms with Gasteiger partial charge in [-0.2, -0.15) is 0 Å². The Bertz CT molecular complexity index is 1260. The topological polar surface area (TPSA) is 76.6 Å². The lowest BCUT2D eigenvalue weighted by Gasteiger charge is -2.23. The highest BCUT2D eigenvalue weighted by Gasteiger charge is 2.43. The number of amides is 1. The van der Waals surface area contributed by atoms with Gasteiger partial charge >= 0.3 is 0 Å². The van der Waals surface area contributed by atoms with E-state index < -0.39 is 6.04 Å². The molecule has 1 atom stereocenters. The van der Waals surface area contributed by atoms with Crippen LogP contribution in [0.4, 0.5) is 0 Å². The molecule has 3 aromatic heterocycles. The highest BCUT2D eigenvalue weighted by molar-refractivity contribution is 5.99. The second-order valence-electron chi connectivity index (χ2n) is 7.03. The minimum atomic E-state index is -0.630. The standard InChI is InChI=1S/C23H18N2O4/c1-2-14-8-9-18-16(12-14)21(26)19-20(17-7-3-4-10-24-17)25(23(27)22(19)29-18)13-15-6-5-11-28-15/h3-12,20H,2,13H2,1H3. The number of aromatic nitrogens is 1. The van der Waals surface area contributed by atoms with Crippen LogP contribution in [0.5, 0.6) is 0 Å². The molecule has 4 aromatic rings. The van der Waals surface area contributed by atoms with E-state index in [4.69, 9.17) is 8.83 Å². The summed E-state index contributed by atoms with van der Waals surface area (Å²) in [7, 11) is 0. The molecule has 0 N–H and O–H groups in total. The first kappa shape index (κ1) is 17.4. The molecular formula is C23H18N2O4. The molecule has 144 valence electrons. The lowest BCUT2D eigenvalue weighted by atomic mass is 10.0. The van der Waals surface area contributed by atoms with Gasteiger partial charge in [0.1, 0.15) is 17.4 Å². The second-order valence-corrected chi connectivity index (χ2v) is 7.03. The fraction of sp³-hybridized carbons (Fsp3) is 0.174. The highest BCUT2D eigenvalue weighted by atomic mass is 16.3. The van der Waals surface area contributed by atoms with Crippen molar-refractivity contribution in [2.75, 3.05) is 0 Å². The third-order valence-corrected chi connectivity index (χ3v) is 5.31. The molecule has 0 fully saturated rings. The van der Waals surface area contributed by atoms with Crippen LogP contribution in [0, 0.1) is 0 Å². The summed E-state index contributed by atoms with van der Waals surface area (Å²) in [6.45, 7) is 2.24. The number of carbonyl (C=O) groups excluding carboxylic acids is 1. The summed E-state index contributed by atoms with van der Waals surface area (Å²) >= 11 is 0. The molecule has 5 rings (SSSR count). The number of pyridine rings is 1. The number of rotatable bonds is 4. The molecule has 1 aliphatic heterocycles. The van der Waals surface area contributed by atoms with Crippen molar-refractivity contribution in [3.8, 4) is 0 Å². The Morgan fingerprint density at radius 1 is 1.10 bits per heavy atom. The molecule has 0 saturated heterocycles. The zero-order valence-corrected chi connectivity index (χ0v) is 15.8. The maximum Gasteiger partial charge on any atom is 0.291 e. The first-order valence-electron chi connectivity index (χ1n) is 9.51. The third-order valence-electron chi connectivity index (χ3n) is 5.31. The van der Waals surface area contributed by atoms with Crippen LogP contribution in [0.1, 0.15) is 46.1 Å². The van der Waals surface area contributed by atoms with Crippen LogP contribution >= 0.6 is 0 Å². The molecule has 4 heterocycles. The summed E-state index contributed by atoms with van der Waals surface area (Å²) in [6, 6.07) is 13.9. The zero-order valence-electron chi connectivity index (χ0n) is 15.8. The van der Waals surface area contributed by atoms with E-state index >= 15 is 0 Å². The summed E-state index contributed by atoms with van der Waals surface area (Å²) < 4.78 is 11.4. The van der Waals surface area contributed by atoms with Gasteiger partial charge in [0, 0.05) is 6.20 Å². The molecular weight excluding hydrogens is 368 g/mol. The SMILES string of the molecule is CCc1ccc2oc3c(c(=O)c2c1)C(c1ccccn1)N(Cc1ccco1)C3=O. The monoisotopic (exact) mass is 386 g/mol. The number of hydrogen-bond donors (Lipinski definition) is 0. The highest BCUT2D eigenvalue weighted by Crippen LogP contribution is 2.38. The van der Waals surface area contributed by atoms with Gasteiger partial charge in [-0.3, -0.25) is 14.6 Å². The van der Waals surface area contributed by atoms with E-state index in [2.05, 4.69) is 4.98 Å². The van der Waals surface area contributed by atoms with Crippen molar-refractivity contribution in [2.24, 2.45) is 0 Å². The molecule has 1 aromatic carbocycles. The Morgan fingerprint density at radius 2 is 2.00 bits per heavy atom. The first-order chi connectivity index (χ1) is 14.2. The predicted molar refractivity (Wildman–Crippen MR) is 107 cm³/mol. The van der Waals surface area contributed by atoms with Gasteiger partial charge in [-0.25, -0.2) is 0 Å². The van der Waals surface area contributed by atoms with Crippen LogP contribution in [0.25, 0.3) is 11.0 Å². The average molecular weight is 386 g/mol. The Morgan fingerprint density at radius 3 is 2.72 bits per heavy atom. The Kier molecular flexibility index (Phi) is 4.05. The van der Waals surface area contributed by atoms with Gasteiger partial charge in [0.15, 0.2) is 5.43 Å². The van der Waals surface area contributed by atoms with Crippen molar-refractivity contribution in [1.29, 1.82) is 0 Å². The first-order valence-corrected chi connectivity index (χ1v) is 9.51. The minimum Gasteiger partial charge on any atom is -0.467 e. The Hall–Kier alpha value is -3.67. The van der Waals surface area contributed by atoms with Gasteiger partial charge in [0.2, 0.25) is 5.76 Å². The van der Waals surface area contributed by atoms with Gasteiger partial charge in [-0.1, -0.05) is 19.1 Å². The number of carbonyl (C=O) groups is 1. The quantitative estimate of drug-likeness (QED) is 0.528. The molecule has 0 spiro atoms. The number of furan rings is 1. The van der Waals surface area contributed by atoms with Crippen molar-refractivity contribution in [2.45, 2.75) is 25.9 Å². The van der Waals surface area contributed by atoms with E-state index in [1.54, 1.807) is 41.6 Å². The van der Waals surface area contributed by atoms with E-state index in [-0.39, 0.29) is 23.6 Å². The van der Waals surface area contributed by atoms with Crippen molar-refractivity contribution < 1.29 is 13.6 Å². The number of fused-ring (bicyclic) bond motifs is 2. The Labute approximate surface area is 166 Å². The largest absolute Gasteiger partial charge is 0.467 e. The van der Waals surface area contributed by atoms with E-state index in [0.29, 0.717) is 28.0 Å². The summed E-state index contributed by atoms with van der Waals surface area (Å²) in [5, 5.41) is 0.483. The van der Waals surface area contributed by atoms with E-state index in [1.165, 1.54) is 0 Å². The fourth-order valence-electron chi connectivity index (χ4n) is 3.87. The number of benzene rings is 1. The molecule has 0 saturated carbocycles. The van der Waals surface area contributed by atoms with Crippen molar-refractivity contribution in [3.63, 3.8) is 0 Å². The third kappa shape index (κ3) is 2.76. The molecule has 0 radical (unpaired) electrons. The molecule has 6 nitrogen and oxygen atoms in total. The molecule has 1 aliphatic rings. The minimum absolute atomic E-state index is 0.0777. The van der Waals surface area contributed by atoms with Crippen molar-refractivity contribution >= 4 is 16.9 Å². The lowest BCUT2D eigenvalue weighted by Crippen LogP contribution is -2.29. The summed E-state index contributed by atoms with van der Waals surface area (Å²) in [6.07, 6.45) is 4.02. The summed E-state index contributed by atoms with van der Waals surface area (Å²) in [5.74, 6) is 0.358. The Balaban J connectivity index is 1.75. The molecule has 6 heteroatoms. The van der Waals surface area contributed by atoms with Crippen molar-refractivity contribution in [3.05, 3.63) is 99.6 Å². The van der Waals surface area contributed by atoms with Crippen molar-refractivity contribution in [1.82, 2.24) is 9.88 Å². The summed E-state index contributed by atoms with van der Waals surface area (Å²) in [5.41, 5.74) is 2.21. The van der Waals surface area contributed by atoms with Crippen LogP contribution in [-0.4, -0.2) is 15.8 Å². The number of aryl methyl sites for hydroxylation is 1. The average Bonchev–Trinajstić information content (AvgIpc) is 3.36. The fourth-order valence-corrected chi connectivity index (χ4v) is 3.87. The van der Waals surface area contributed by atoms with Crippen LogP contribution in [0.15, 0.2) is 74.6 Å². The van der Waals surface area contributed by atoms with Gasteiger partial charge in [-0.05, 0) is 48.4 Å². The van der Waals surface area contributed by atoms with Gasteiger partial charge in [0.25, 0.3) is 5.91 Å². The maximum atomic E-state index is 13.5. The molecule has 0 aliphatic carbocycles. The van der Waals surface area contributed by atoms with E-state index in [9.17, 15) is 9.59 Å². The van der Waals surface area contributed by atoms with Crippen LogP contribution in [0.2, 0.25) is 0 Å². The van der Waals surface area contributed by atoms with Crippen LogP contribution < -0.4 is 5.43 Å². The molecule has 1 amide bonds. The summed E-state index contributed by atoms with van der Waals surface area (Å²) in [4.78, 5) is 32.7. The normalized spacial score (nSPS) is 15.8. The van der Waals surface area contributed by atoms with Gasteiger partial charge in [-0.15, -0.1) is 0 Å². The molecule has 1 unspecified atom stereocenters. The predicted octanol–water partition coefficient (Wildman–Crippen LogP) is 4.09. The van der Waals surface area contributed by atoms with Gasteiger partial charge < -0.3 is 13.7 Å². The van der Waals surface area contributed by atoms with Gasteiger partial charge in [0.05, 0.1) is 29.5 Å². The second kappa shape index (κ2) is 6.74.